The Morgan fingerprint density at radius 2 is 1.66 bits per heavy atom. The number of nitrogens with zero attached hydrogens (tertiary/aromatic N) is 1. The minimum absolute atomic E-state index is 0.0419. The summed E-state index contributed by atoms with van der Waals surface area (Å²) >= 11 is 1.49. The number of hydrogen-bond donors (Lipinski definition) is 2. The first-order valence-electron chi connectivity index (χ1n) is 11.3. The lowest BCUT2D eigenvalue weighted by atomic mass is 10.0. The van der Waals surface area contributed by atoms with Gasteiger partial charge in [-0.05, 0) is 69.7 Å². The van der Waals surface area contributed by atoms with Crippen LogP contribution in [0.15, 0.2) is 47.4 Å². The van der Waals surface area contributed by atoms with Crippen molar-refractivity contribution in [2.75, 3.05) is 25.5 Å². The molecular weight excluding hydrogens is 492 g/mol. The lowest BCUT2D eigenvalue weighted by Gasteiger charge is -2.43. The molecule has 1 fully saturated rings. The van der Waals surface area contributed by atoms with Crippen LogP contribution in [-0.4, -0.2) is 60.1 Å². The van der Waals surface area contributed by atoms with Crippen molar-refractivity contribution in [1.29, 1.82) is 0 Å². The van der Waals surface area contributed by atoms with Crippen LogP contribution < -0.4 is 19.7 Å². The van der Waals surface area contributed by atoms with E-state index in [-0.39, 0.29) is 18.0 Å². The molecule has 35 heavy (non-hydrogen) atoms. The summed E-state index contributed by atoms with van der Waals surface area (Å²) in [6, 6.07) is 10.6. The molecule has 9 nitrogen and oxygen atoms in total. The van der Waals surface area contributed by atoms with Gasteiger partial charge < -0.3 is 14.2 Å². The van der Waals surface area contributed by atoms with E-state index in [1.807, 2.05) is 32.0 Å². The molecule has 2 aromatic rings. The summed E-state index contributed by atoms with van der Waals surface area (Å²) in [4.78, 5) is 12.4. The number of thioether (sulfide) groups is 1. The molecule has 0 aromatic heterocycles. The molecular formula is C24H32N2O7S2. The van der Waals surface area contributed by atoms with E-state index in [0.717, 1.165) is 9.87 Å². The molecule has 0 bridgehead atoms. The molecule has 1 aliphatic rings. The van der Waals surface area contributed by atoms with E-state index in [0.29, 0.717) is 36.2 Å². The molecule has 0 saturated carbocycles. The van der Waals surface area contributed by atoms with E-state index >= 15 is 0 Å². The second-order valence-electron chi connectivity index (χ2n) is 8.39. The number of nitrogens with one attached hydrogen (secondary N) is 1. The maximum absolute atomic E-state index is 13.4. The minimum Gasteiger partial charge on any atom is -0.494 e. The summed E-state index contributed by atoms with van der Waals surface area (Å²) in [5.41, 5.74) is 2.46. The number of carbonyl (C=O) groups excluding carboxylic acids is 1. The molecule has 192 valence electrons. The van der Waals surface area contributed by atoms with Gasteiger partial charge in [0, 0.05) is 23.1 Å². The number of sulfonamides is 1. The van der Waals surface area contributed by atoms with Gasteiger partial charge in [-0.1, -0.05) is 0 Å². The first kappa shape index (κ1) is 27.1. The van der Waals surface area contributed by atoms with Crippen molar-refractivity contribution in [2.24, 2.45) is 0 Å². The highest BCUT2D eigenvalue weighted by molar-refractivity contribution is 8.00. The second kappa shape index (κ2) is 11.5. The van der Waals surface area contributed by atoms with Crippen LogP contribution >= 0.6 is 11.8 Å². The summed E-state index contributed by atoms with van der Waals surface area (Å²) in [5.74, 6) is 1.63. The quantitative estimate of drug-likeness (QED) is 0.359. The molecule has 1 saturated heterocycles. The normalized spacial score (nSPS) is 18.0. The highest BCUT2D eigenvalue weighted by atomic mass is 32.2. The third kappa shape index (κ3) is 6.40. The summed E-state index contributed by atoms with van der Waals surface area (Å²) in [6.45, 7) is 8.83. The molecule has 11 heteroatoms. The molecule has 0 spiro atoms. The fourth-order valence-electron chi connectivity index (χ4n) is 3.94. The fourth-order valence-corrected chi connectivity index (χ4v) is 7.05. The van der Waals surface area contributed by atoms with Crippen LogP contribution in [0.25, 0.3) is 0 Å². The van der Waals surface area contributed by atoms with E-state index in [2.05, 4.69) is 0 Å². The SMILES string of the molecule is CCOc1cc(COc2ccc(S(=O)(=O)N3CCSC(C)(C)[C@@H]3C(=O)NO)cc2)cc(OCC)c1. The van der Waals surface area contributed by atoms with E-state index in [1.54, 1.807) is 31.5 Å². The third-order valence-corrected chi connectivity index (χ3v) is 8.72. The molecule has 0 unspecified atom stereocenters. The Kier molecular flexibility index (Phi) is 8.92. The summed E-state index contributed by atoms with van der Waals surface area (Å²) in [6.07, 6.45) is 0. The fraction of sp³-hybridized carbons (Fsp3) is 0.458. The highest BCUT2D eigenvalue weighted by Gasteiger charge is 2.48. The molecule has 2 aromatic carbocycles. The Labute approximate surface area is 210 Å². The van der Waals surface area contributed by atoms with E-state index < -0.39 is 26.7 Å². The number of carbonyl (C=O) groups is 1. The van der Waals surface area contributed by atoms with Crippen LogP contribution in [-0.2, 0) is 21.4 Å². The smallest absolute Gasteiger partial charge is 0.263 e. The Hall–Kier alpha value is -2.47. The van der Waals surface area contributed by atoms with Crippen molar-refractivity contribution in [2.45, 2.75) is 50.0 Å². The maximum atomic E-state index is 13.4. The average Bonchev–Trinajstić information content (AvgIpc) is 2.82. The van der Waals surface area contributed by atoms with Gasteiger partial charge in [0.2, 0.25) is 10.0 Å². The number of rotatable bonds is 10. The largest absolute Gasteiger partial charge is 0.494 e. The van der Waals surface area contributed by atoms with Gasteiger partial charge in [0.1, 0.15) is 29.9 Å². The lowest BCUT2D eigenvalue weighted by molar-refractivity contribution is -0.134. The van der Waals surface area contributed by atoms with Gasteiger partial charge >= 0.3 is 0 Å². The lowest BCUT2D eigenvalue weighted by Crippen LogP contribution is -2.61. The van der Waals surface area contributed by atoms with Crippen LogP contribution in [0.4, 0.5) is 0 Å². The van der Waals surface area contributed by atoms with Crippen LogP contribution in [0.3, 0.4) is 0 Å². The number of benzene rings is 2. The van der Waals surface area contributed by atoms with E-state index in [1.165, 1.54) is 23.9 Å². The predicted octanol–water partition coefficient (Wildman–Crippen LogP) is 3.45. The van der Waals surface area contributed by atoms with Crippen molar-refractivity contribution >= 4 is 27.7 Å². The Morgan fingerprint density at radius 1 is 1.06 bits per heavy atom. The maximum Gasteiger partial charge on any atom is 0.263 e. The van der Waals surface area contributed by atoms with Crippen molar-refractivity contribution in [3.63, 3.8) is 0 Å². The van der Waals surface area contributed by atoms with Crippen LogP contribution in [0.1, 0.15) is 33.3 Å². The van der Waals surface area contributed by atoms with Crippen LogP contribution in [0, 0.1) is 0 Å². The average molecular weight is 525 g/mol. The molecule has 1 atom stereocenters. The van der Waals surface area contributed by atoms with Gasteiger partial charge in [-0.25, -0.2) is 13.9 Å². The topological polar surface area (TPSA) is 114 Å². The number of hydroxylamine groups is 1. The number of amides is 1. The van der Waals surface area contributed by atoms with Crippen molar-refractivity contribution in [3.8, 4) is 17.2 Å². The Morgan fingerprint density at radius 3 is 2.20 bits per heavy atom. The Bertz CT molecular complexity index is 1100. The molecule has 0 radical (unpaired) electrons. The molecule has 0 aliphatic carbocycles. The van der Waals surface area contributed by atoms with Crippen LogP contribution in [0.2, 0.25) is 0 Å². The third-order valence-electron chi connectivity index (χ3n) is 5.49. The zero-order valence-electron chi connectivity index (χ0n) is 20.3. The van der Waals surface area contributed by atoms with Crippen LogP contribution in [0.5, 0.6) is 17.2 Å². The minimum atomic E-state index is -3.99. The molecule has 1 heterocycles. The van der Waals surface area contributed by atoms with Gasteiger partial charge in [0.05, 0.1) is 18.1 Å². The molecule has 1 amide bonds. The van der Waals surface area contributed by atoms with Gasteiger partial charge in [0.25, 0.3) is 5.91 Å². The standard InChI is InChI=1S/C24H32N2O7S2/c1-5-31-19-13-17(14-20(15-19)32-6-2)16-33-18-7-9-21(10-8-18)35(29,30)26-11-12-34-24(3,4)22(26)23(27)25-28/h7-10,13-15,22,28H,5-6,11-12,16H2,1-4H3,(H,25,27)/t22-/m0/s1. The number of hydrogen-bond acceptors (Lipinski definition) is 8. The van der Waals surface area contributed by atoms with Crippen molar-refractivity contribution in [3.05, 3.63) is 48.0 Å². The predicted molar refractivity (Wildman–Crippen MR) is 134 cm³/mol. The summed E-state index contributed by atoms with van der Waals surface area (Å²) < 4.78 is 44.2. The van der Waals surface area contributed by atoms with Gasteiger partial charge in [-0.15, -0.1) is 0 Å². The Balaban J connectivity index is 1.77. The highest BCUT2D eigenvalue weighted by Crippen LogP contribution is 2.38. The van der Waals surface area contributed by atoms with E-state index in [4.69, 9.17) is 14.2 Å². The van der Waals surface area contributed by atoms with Gasteiger partial charge in [0.15, 0.2) is 0 Å². The summed E-state index contributed by atoms with van der Waals surface area (Å²) in [7, 11) is -3.99. The zero-order chi connectivity index (χ0) is 25.6. The van der Waals surface area contributed by atoms with Crippen molar-refractivity contribution in [1.82, 2.24) is 9.79 Å². The zero-order valence-corrected chi connectivity index (χ0v) is 21.9. The molecule has 1 aliphatic heterocycles. The second-order valence-corrected chi connectivity index (χ2v) is 12.0. The molecule has 3 rings (SSSR count). The van der Waals surface area contributed by atoms with Gasteiger partial charge in [-0.2, -0.15) is 16.1 Å². The first-order chi connectivity index (χ1) is 16.6. The number of ether oxygens (including phenoxy) is 3. The molecule has 2 N–H and O–H groups in total. The summed E-state index contributed by atoms with van der Waals surface area (Å²) in [5, 5.41) is 9.19. The first-order valence-corrected chi connectivity index (χ1v) is 13.8. The van der Waals surface area contributed by atoms with Crippen molar-refractivity contribution < 1.29 is 32.6 Å². The van der Waals surface area contributed by atoms with E-state index in [9.17, 15) is 18.4 Å². The monoisotopic (exact) mass is 524 g/mol. The van der Waals surface area contributed by atoms with Gasteiger partial charge in [-0.3, -0.25) is 10.0 Å².